The van der Waals surface area contributed by atoms with Gasteiger partial charge in [-0.2, -0.15) is 4.98 Å². The van der Waals surface area contributed by atoms with Gasteiger partial charge in [-0.1, -0.05) is 16.8 Å². The predicted molar refractivity (Wildman–Crippen MR) is 102 cm³/mol. The molecular formula is C21H19N3O3. The highest BCUT2D eigenvalue weighted by atomic mass is 16.5. The molecule has 1 aliphatic rings. The maximum absolute atomic E-state index is 12.8. The monoisotopic (exact) mass is 361 g/mol. The normalized spacial score (nSPS) is 15.9. The van der Waals surface area contributed by atoms with Gasteiger partial charge in [-0.3, -0.25) is 9.79 Å². The number of aliphatic imine (C=N–C) groups is 1. The summed E-state index contributed by atoms with van der Waals surface area (Å²) in [6.45, 7) is 5.89. The number of carbonyl (C=O) groups is 1. The van der Waals surface area contributed by atoms with Gasteiger partial charge in [0.05, 0.1) is 11.8 Å². The van der Waals surface area contributed by atoms with E-state index in [0.29, 0.717) is 17.1 Å². The first-order valence-electron chi connectivity index (χ1n) is 8.81. The van der Waals surface area contributed by atoms with E-state index in [-0.39, 0.29) is 17.8 Å². The highest BCUT2D eigenvalue weighted by molar-refractivity contribution is 6.15. The van der Waals surface area contributed by atoms with Crippen LogP contribution in [0.5, 0.6) is 5.75 Å². The molecule has 4 rings (SSSR count). The first-order chi connectivity index (χ1) is 13.0. The Bertz CT molecular complexity index is 1020. The Hall–Kier alpha value is -3.28. The fourth-order valence-electron chi connectivity index (χ4n) is 2.96. The van der Waals surface area contributed by atoms with Gasteiger partial charge < -0.3 is 9.26 Å². The SMILES string of the molecule is Cc1ccc2c(c1)C(=O)C(c1nc(-c3ccc(OC(C)C)cc3)no1)C=N2. The number of hydrogen-bond donors (Lipinski definition) is 0. The van der Waals surface area contributed by atoms with Gasteiger partial charge in [-0.05, 0) is 57.2 Å². The molecule has 2 heterocycles. The van der Waals surface area contributed by atoms with Gasteiger partial charge >= 0.3 is 0 Å². The van der Waals surface area contributed by atoms with Crippen LogP contribution in [0.15, 0.2) is 52.0 Å². The van der Waals surface area contributed by atoms with Gasteiger partial charge in [0.2, 0.25) is 11.7 Å². The molecule has 6 nitrogen and oxygen atoms in total. The molecule has 1 atom stereocenters. The minimum absolute atomic E-state index is 0.0837. The van der Waals surface area contributed by atoms with Crippen molar-refractivity contribution in [1.82, 2.24) is 10.1 Å². The number of aryl methyl sites for hydroxylation is 1. The van der Waals surface area contributed by atoms with Crippen LogP contribution in [-0.2, 0) is 0 Å². The fourth-order valence-corrected chi connectivity index (χ4v) is 2.96. The summed E-state index contributed by atoms with van der Waals surface area (Å²) >= 11 is 0. The van der Waals surface area contributed by atoms with Gasteiger partial charge in [0.1, 0.15) is 11.7 Å². The molecule has 1 unspecified atom stereocenters. The van der Waals surface area contributed by atoms with E-state index in [9.17, 15) is 4.79 Å². The largest absolute Gasteiger partial charge is 0.491 e. The van der Waals surface area contributed by atoms with Crippen molar-refractivity contribution in [2.45, 2.75) is 32.8 Å². The van der Waals surface area contributed by atoms with E-state index in [1.807, 2.05) is 63.2 Å². The molecule has 0 bridgehead atoms. The van der Waals surface area contributed by atoms with Gasteiger partial charge in [-0.15, -0.1) is 0 Å². The molecule has 0 fully saturated rings. The first kappa shape index (κ1) is 17.1. The van der Waals surface area contributed by atoms with E-state index in [0.717, 1.165) is 16.9 Å². The number of fused-ring (bicyclic) bond motifs is 1. The summed E-state index contributed by atoms with van der Waals surface area (Å²) in [7, 11) is 0. The molecule has 3 aromatic rings. The van der Waals surface area contributed by atoms with Crippen LogP contribution in [0.4, 0.5) is 5.69 Å². The van der Waals surface area contributed by atoms with Crippen LogP contribution < -0.4 is 4.74 Å². The topological polar surface area (TPSA) is 77.6 Å². The lowest BCUT2D eigenvalue weighted by Crippen LogP contribution is -2.18. The number of rotatable bonds is 4. The van der Waals surface area contributed by atoms with Crippen molar-refractivity contribution in [2.24, 2.45) is 4.99 Å². The van der Waals surface area contributed by atoms with E-state index in [1.165, 1.54) is 0 Å². The molecule has 1 aromatic heterocycles. The zero-order valence-corrected chi connectivity index (χ0v) is 15.3. The Morgan fingerprint density at radius 1 is 1.11 bits per heavy atom. The molecule has 136 valence electrons. The summed E-state index contributed by atoms with van der Waals surface area (Å²) in [6, 6.07) is 13.1. The zero-order chi connectivity index (χ0) is 19.0. The molecule has 0 radical (unpaired) electrons. The lowest BCUT2D eigenvalue weighted by atomic mass is 9.93. The number of nitrogens with zero attached hydrogens (tertiary/aromatic N) is 3. The molecule has 1 aliphatic heterocycles. The Morgan fingerprint density at radius 2 is 1.89 bits per heavy atom. The summed E-state index contributed by atoms with van der Waals surface area (Å²) in [5.74, 6) is 0.702. The van der Waals surface area contributed by atoms with Crippen molar-refractivity contribution >= 4 is 17.7 Å². The Labute approximate surface area is 156 Å². The van der Waals surface area contributed by atoms with Gasteiger partial charge in [0.25, 0.3) is 0 Å². The average molecular weight is 361 g/mol. The highest BCUT2D eigenvalue weighted by Gasteiger charge is 2.31. The standard InChI is InChI=1S/C21H19N3O3/c1-12(2)26-15-7-5-14(6-8-15)20-23-21(27-24-20)17-11-22-18-9-4-13(3)10-16(18)19(17)25/h4-12,17H,1-3H3. The molecule has 0 spiro atoms. The van der Waals surface area contributed by atoms with Crippen LogP contribution in [0.2, 0.25) is 0 Å². The van der Waals surface area contributed by atoms with Crippen molar-refractivity contribution in [3.8, 4) is 17.1 Å². The molecule has 0 saturated carbocycles. The fraction of sp³-hybridized carbons (Fsp3) is 0.238. The number of benzene rings is 2. The maximum Gasteiger partial charge on any atom is 0.243 e. The maximum atomic E-state index is 12.8. The van der Waals surface area contributed by atoms with E-state index in [2.05, 4.69) is 15.1 Å². The number of Topliss-reactive ketones (excluding diaryl/α,β-unsaturated/α-hetero) is 1. The van der Waals surface area contributed by atoms with E-state index < -0.39 is 5.92 Å². The third kappa shape index (κ3) is 3.38. The van der Waals surface area contributed by atoms with E-state index >= 15 is 0 Å². The van der Waals surface area contributed by atoms with Crippen molar-refractivity contribution in [3.63, 3.8) is 0 Å². The summed E-state index contributed by atoms with van der Waals surface area (Å²) in [5.41, 5.74) is 3.05. The van der Waals surface area contributed by atoms with E-state index in [4.69, 9.17) is 9.26 Å². The number of carbonyl (C=O) groups excluding carboxylic acids is 1. The smallest absolute Gasteiger partial charge is 0.243 e. The molecule has 0 N–H and O–H groups in total. The number of ketones is 1. The first-order valence-corrected chi connectivity index (χ1v) is 8.81. The minimum atomic E-state index is -0.663. The molecule has 0 aliphatic carbocycles. The summed E-state index contributed by atoms with van der Waals surface area (Å²) in [5, 5.41) is 4.02. The molecule has 0 saturated heterocycles. The van der Waals surface area contributed by atoms with Crippen LogP contribution in [0.3, 0.4) is 0 Å². The van der Waals surface area contributed by atoms with Crippen molar-refractivity contribution < 1.29 is 14.1 Å². The summed E-state index contributed by atoms with van der Waals surface area (Å²) < 4.78 is 11.0. The third-order valence-corrected chi connectivity index (χ3v) is 4.25. The third-order valence-electron chi connectivity index (χ3n) is 4.25. The second-order valence-corrected chi connectivity index (χ2v) is 6.79. The average Bonchev–Trinajstić information content (AvgIpc) is 3.12. The zero-order valence-electron chi connectivity index (χ0n) is 15.3. The van der Waals surface area contributed by atoms with Crippen molar-refractivity contribution in [1.29, 1.82) is 0 Å². The lowest BCUT2D eigenvalue weighted by Gasteiger charge is -2.14. The van der Waals surface area contributed by atoms with Gasteiger partial charge in [0.15, 0.2) is 5.78 Å². The Kier molecular flexibility index (Phi) is 4.32. The number of ether oxygens (including phenoxy) is 1. The van der Waals surface area contributed by atoms with Crippen LogP contribution in [0.25, 0.3) is 11.4 Å². The minimum Gasteiger partial charge on any atom is -0.491 e. The van der Waals surface area contributed by atoms with Crippen LogP contribution in [-0.4, -0.2) is 28.2 Å². The molecule has 0 amide bonds. The van der Waals surface area contributed by atoms with Crippen LogP contribution in [0, 0.1) is 6.92 Å². The molecule has 6 heteroatoms. The van der Waals surface area contributed by atoms with E-state index in [1.54, 1.807) is 6.21 Å². The molecule has 27 heavy (non-hydrogen) atoms. The molecule has 2 aromatic carbocycles. The molecular weight excluding hydrogens is 342 g/mol. The van der Waals surface area contributed by atoms with Crippen LogP contribution in [0.1, 0.15) is 41.6 Å². The number of hydrogen-bond acceptors (Lipinski definition) is 6. The van der Waals surface area contributed by atoms with Crippen molar-refractivity contribution in [2.75, 3.05) is 0 Å². The van der Waals surface area contributed by atoms with Gasteiger partial charge in [0, 0.05) is 17.3 Å². The Balaban J connectivity index is 1.59. The number of aromatic nitrogens is 2. The second kappa shape index (κ2) is 6.79. The highest BCUT2D eigenvalue weighted by Crippen LogP contribution is 2.32. The predicted octanol–water partition coefficient (Wildman–Crippen LogP) is 4.51. The van der Waals surface area contributed by atoms with Gasteiger partial charge in [-0.25, -0.2) is 0 Å². The summed E-state index contributed by atoms with van der Waals surface area (Å²) in [4.78, 5) is 21.6. The second-order valence-electron chi connectivity index (χ2n) is 6.79. The quantitative estimate of drug-likeness (QED) is 0.683. The lowest BCUT2D eigenvalue weighted by molar-refractivity contribution is 0.0971. The van der Waals surface area contributed by atoms with Crippen molar-refractivity contribution in [3.05, 3.63) is 59.5 Å². The Morgan fingerprint density at radius 3 is 2.63 bits per heavy atom. The summed E-state index contributed by atoms with van der Waals surface area (Å²) in [6.07, 6.45) is 1.67. The van der Waals surface area contributed by atoms with Crippen LogP contribution >= 0.6 is 0 Å².